The van der Waals surface area contributed by atoms with Gasteiger partial charge in [-0.25, -0.2) is 4.98 Å². The van der Waals surface area contributed by atoms with E-state index in [-0.39, 0.29) is 0 Å². The molecule has 0 aliphatic heterocycles. The van der Waals surface area contributed by atoms with Gasteiger partial charge in [-0.2, -0.15) is 0 Å². The number of benzene rings is 1. The minimum absolute atomic E-state index is 0.397. The molecular formula is C12H14IN3S. The summed E-state index contributed by atoms with van der Waals surface area (Å²) in [6.45, 7) is 3.01. The van der Waals surface area contributed by atoms with Gasteiger partial charge in [0.05, 0.1) is 16.4 Å². The summed E-state index contributed by atoms with van der Waals surface area (Å²) in [4.78, 5) is 4.31. The van der Waals surface area contributed by atoms with Crippen LogP contribution in [0.25, 0.3) is 0 Å². The van der Waals surface area contributed by atoms with E-state index < -0.39 is 0 Å². The molecule has 0 fully saturated rings. The van der Waals surface area contributed by atoms with Gasteiger partial charge in [0.1, 0.15) is 0 Å². The van der Waals surface area contributed by atoms with Gasteiger partial charge in [-0.05, 0) is 40.8 Å². The highest BCUT2D eigenvalue weighted by Gasteiger charge is 2.08. The average molecular weight is 359 g/mol. The van der Waals surface area contributed by atoms with Gasteiger partial charge in [0.2, 0.25) is 0 Å². The van der Waals surface area contributed by atoms with Crippen LogP contribution in [0, 0.1) is 3.57 Å². The van der Waals surface area contributed by atoms with Crippen molar-refractivity contribution >= 4 is 45.3 Å². The van der Waals surface area contributed by atoms with Crippen LogP contribution in [0.15, 0.2) is 29.8 Å². The van der Waals surface area contributed by atoms with Crippen LogP contribution in [-0.4, -0.2) is 11.5 Å². The van der Waals surface area contributed by atoms with Gasteiger partial charge in [0, 0.05) is 27.6 Å². The van der Waals surface area contributed by atoms with Gasteiger partial charge in [0.25, 0.3) is 0 Å². The molecule has 0 aliphatic rings. The second-order valence-electron chi connectivity index (χ2n) is 3.88. The maximum Gasteiger partial charge on any atom is 0.0970 e. The van der Waals surface area contributed by atoms with Crippen molar-refractivity contribution in [3.8, 4) is 0 Å². The van der Waals surface area contributed by atoms with Gasteiger partial charge >= 0.3 is 0 Å². The predicted molar refractivity (Wildman–Crippen MR) is 82.6 cm³/mol. The third-order valence-corrected chi connectivity index (χ3v) is 4.16. The third kappa shape index (κ3) is 3.32. The molecule has 0 amide bonds. The number of aromatic nitrogens is 1. The smallest absolute Gasteiger partial charge is 0.0970 e. The Morgan fingerprint density at radius 1 is 1.53 bits per heavy atom. The molecule has 3 N–H and O–H groups in total. The number of hydrogen-bond acceptors (Lipinski definition) is 4. The maximum atomic E-state index is 5.95. The van der Waals surface area contributed by atoms with E-state index in [0.29, 0.717) is 5.92 Å². The van der Waals surface area contributed by atoms with Crippen molar-refractivity contribution in [2.75, 3.05) is 17.6 Å². The Balaban J connectivity index is 1.98. The first kappa shape index (κ1) is 12.6. The molecule has 0 spiro atoms. The van der Waals surface area contributed by atoms with Crippen molar-refractivity contribution in [2.45, 2.75) is 12.8 Å². The number of nitrogens with zero attached hydrogens (tertiary/aromatic N) is 1. The largest absolute Gasteiger partial charge is 0.397 e. The number of anilines is 2. The normalized spacial score (nSPS) is 12.4. The summed E-state index contributed by atoms with van der Waals surface area (Å²) in [5.74, 6) is 0.397. The van der Waals surface area contributed by atoms with Crippen molar-refractivity contribution in [1.82, 2.24) is 4.98 Å². The second kappa shape index (κ2) is 5.68. The first-order valence-electron chi connectivity index (χ1n) is 5.35. The first-order chi connectivity index (χ1) is 8.16. The number of hydrogen-bond donors (Lipinski definition) is 2. The molecule has 1 aromatic heterocycles. The summed E-state index contributed by atoms with van der Waals surface area (Å²) in [6.07, 6.45) is 1.84. The van der Waals surface area contributed by atoms with Crippen LogP contribution in [0.2, 0.25) is 0 Å². The minimum atomic E-state index is 0.397. The molecule has 1 atom stereocenters. The fourth-order valence-corrected chi connectivity index (χ4v) is 2.74. The summed E-state index contributed by atoms with van der Waals surface area (Å²) in [7, 11) is 0. The zero-order valence-corrected chi connectivity index (χ0v) is 12.5. The molecule has 1 unspecified atom stereocenters. The molecule has 90 valence electrons. The maximum absolute atomic E-state index is 5.95. The minimum Gasteiger partial charge on any atom is -0.397 e. The Hall–Kier alpha value is -0.820. The Kier molecular flexibility index (Phi) is 4.22. The molecule has 1 heterocycles. The third-order valence-electron chi connectivity index (χ3n) is 2.49. The van der Waals surface area contributed by atoms with Gasteiger partial charge in [-0.3, -0.25) is 0 Å². The summed E-state index contributed by atoms with van der Waals surface area (Å²) >= 11 is 3.95. The number of nitrogens with two attached hydrogens (primary N) is 1. The highest BCUT2D eigenvalue weighted by atomic mass is 127. The van der Waals surface area contributed by atoms with E-state index >= 15 is 0 Å². The zero-order valence-electron chi connectivity index (χ0n) is 9.48. The fourth-order valence-electron chi connectivity index (χ4n) is 1.52. The van der Waals surface area contributed by atoms with Gasteiger partial charge in [-0.15, -0.1) is 11.3 Å². The van der Waals surface area contributed by atoms with E-state index in [0.717, 1.165) is 26.5 Å². The van der Waals surface area contributed by atoms with Crippen LogP contribution in [-0.2, 0) is 0 Å². The lowest BCUT2D eigenvalue weighted by Crippen LogP contribution is -2.10. The number of thiazole rings is 1. The monoisotopic (exact) mass is 359 g/mol. The van der Waals surface area contributed by atoms with E-state index in [1.54, 1.807) is 11.3 Å². The molecule has 5 heteroatoms. The van der Waals surface area contributed by atoms with Crippen LogP contribution in [0.1, 0.15) is 17.8 Å². The lowest BCUT2D eigenvalue weighted by Gasteiger charge is -2.13. The Morgan fingerprint density at radius 2 is 2.35 bits per heavy atom. The van der Waals surface area contributed by atoms with E-state index in [2.05, 4.69) is 39.8 Å². The molecule has 0 aliphatic carbocycles. The lowest BCUT2D eigenvalue weighted by atomic mass is 10.2. The SMILES string of the molecule is CC(CNc1ccc(I)cc1N)c1nccs1. The summed E-state index contributed by atoms with van der Waals surface area (Å²) < 4.78 is 1.15. The van der Waals surface area contributed by atoms with Crippen molar-refractivity contribution in [2.24, 2.45) is 0 Å². The van der Waals surface area contributed by atoms with Gasteiger partial charge in [0.15, 0.2) is 0 Å². The highest BCUT2D eigenvalue weighted by Crippen LogP contribution is 2.23. The standard InChI is InChI=1S/C12H14IN3S/c1-8(12-15-4-5-17-12)7-16-11-3-2-9(13)6-10(11)14/h2-6,8,16H,7,14H2,1H3. The Bertz CT molecular complexity index is 485. The fraction of sp³-hybridized carbons (Fsp3) is 0.250. The van der Waals surface area contributed by atoms with E-state index in [9.17, 15) is 0 Å². The van der Waals surface area contributed by atoms with Crippen molar-refractivity contribution < 1.29 is 0 Å². The quantitative estimate of drug-likeness (QED) is 0.649. The molecule has 1 aromatic carbocycles. The number of nitrogens with one attached hydrogen (secondary N) is 1. The van der Waals surface area contributed by atoms with E-state index in [1.807, 2.05) is 29.8 Å². The molecule has 0 saturated heterocycles. The lowest BCUT2D eigenvalue weighted by molar-refractivity contribution is 0.795. The molecule has 2 rings (SSSR count). The second-order valence-corrected chi connectivity index (χ2v) is 6.06. The Morgan fingerprint density at radius 3 is 3.00 bits per heavy atom. The summed E-state index contributed by atoms with van der Waals surface area (Å²) in [5.41, 5.74) is 7.73. The molecule has 0 saturated carbocycles. The molecule has 0 bridgehead atoms. The topological polar surface area (TPSA) is 50.9 Å². The Labute approximate surface area is 119 Å². The van der Waals surface area contributed by atoms with Gasteiger partial charge in [-0.1, -0.05) is 6.92 Å². The number of halogens is 1. The first-order valence-corrected chi connectivity index (χ1v) is 7.31. The van der Waals surface area contributed by atoms with E-state index in [1.165, 1.54) is 0 Å². The molecule has 2 aromatic rings. The van der Waals surface area contributed by atoms with Crippen LogP contribution in [0.5, 0.6) is 0 Å². The summed E-state index contributed by atoms with van der Waals surface area (Å²) in [5, 5.41) is 6.53. The van der Waals surface area contributed by atoms with Crippen LogP contribution in [0.4, 0.5) is 11.4 Å². The van der Waals surface area contributed by atoms with Crippen LogP contribution in [0.3, 0.4) is 0 Å². The zero-order chi connectivity index (χ0) is 12.3. The van der Waals surface area contributed by atoms with Crippen molar-refractivity contribution in [3.05, 3.63) is 38.4 Å². The molecule has 0 radical (unpaired) electrons. The predicted octanol–water partition coefficient (Wildman–Crippen LogP) is 3.55. The van der Waals surface area contributed by atoms with Gasteiger partial charge < -0.3 is 11.1 Å². The van der Waals surface area contributed by atoms with Crippen LogP contribution < -0.4 is 11.1 Å². The number of nitrogen functional groups attached to an aromatic ring is 1. The summed E-state index contributed by atoms with van der Waals surface area (Å²) in [6, 6.07) is 6.04. The van der Waals surface area contributed by atoms with Crippen LogP contribution >= 0.6 is 33.9 Å². The molecule has 17 heavy (non-hydrogen) atoms. The van der Waals surface area contributed by atoms with E-state index in [4.69, 9.17) is 5.73 Å². The molecule has 3 nitrogen and oxygen atoms in total. The number of rotatable bonds is 4. The highest BCUT2D eigenvalue weighted by molar-refractivity contribution is 14.1. The van der Waals surface area contributed by atoms with Crippen molar-refractivity contribution in [3.63, 3.8) is 0 Å². The average Bonchev–Trinajstić information content (AvgIpc) is 2.81. The van der Waals surface area contributed by atoms with Crippen molar-refractivity contribution in [1.29, 1.82) is 0 Å². The molecular weight excluding hydrogens is 345 g/mol.